The van der Waals surface area contributed by atoms with Crippen molar-refractivity contribution < 1.29 is 4.79 Å². The predicted molar refractivity (Wildman–Crippen MR) is 95.1 cm³/mol. The van der Waals surface area contributed by atoms with Gasteiger partial charge in [0.05, 0.1) is 24.8 Å². The Morgan fingerprint density at radius 2 is 1.78 bits per heavy atom. The maximum absolute atomic E-state index is 12.7. The molecule has 0 N–H and O–H groups in total. The average molecular weight is 372 g/mol. The summed E-state index contributed by atoms with van der Waals surface area (Å²) < 4.78 is 3.84. The smallest absolute Gasteiger partial charge is 0.332 e. The van der Waals surface area contributed by atoms with Crippen molar-refractivity contribution in [3.05, 3.63) is 39.6 Å². The number of carbonyl (C=O) groups excluding carboxylic acids is 1. The van der Waals surface area contributed by atoms with Gasteiger partial charge >= 0.3 is 5.69 Å². The number of imidazole rings is 1. The number of carbonyl (C=O) groups is 1. The zero-order chi connectivity index (χ0) is 19.1. The Kier molecular flexibility index (Phi) is 4.13. The minimum absolute atomic E-state index is 0.00856. The number of aryl methyl sites for hydroxylation is 1. The van der Waals surface area contributed by atoms with Gasteiger partial charge < -0.3 is 9.47 Å². The number of amides is 1. The highest BCUT2D eigenvalue weighted by atomic mass is 16.2. The topological polar surface area (TPSA) is 113 Å². The number of piperidine rings is 1. The molecule has 0 aromatic carbocycles. The lowest BCUT2D eigenvalue weighted by atomic mass is 10.1. The fourth-order valence-electron chi connectivity index (χ4n) is 3.52. The number of hydrogen-bond donors (Lipinski definition) is 0. The lowest BCUT2D eigenvalue weighted by Gasteiger charge is -2.31. The first kappa shape index (κ1) is 17.2. The average Bonchev–Trinajstić information content (AvgIpc) is 3.35. The van der Waals surface area contributed by atoms with Crippen molar-refractivity contribution in [2.45, 2.75) is 25.4 Å². The fraction of sp³-hybridized carbons (Fsp3) is 0.500. The van der Waals surface area contributed by atoms with Crippen LogP contribution in [0, 0.1) is 0 Å². The second kappa shape index (κ2) is 6.49. The van der Waals surface area contributed by atoms with Crippen LogP contribution in [0.2, 0.25) is 0 Å². The molecule has 0 bridgehead atoms. The van der Waals surface area contributed by atoms with Gasteiger partial charge in [0.1, 0.15) is 6.54 Å². The van der Waals surface area contributed by atoms with Gasteiger partial charge in [-0.25, -0.2) is 9.78 Å². The summed E-state index contributed by atoms with van der Waals surface area (Å²) in [5.41, 5.74) is -0.372. The van der Waals surface area contributed by atoms with Crippen LogP contribution in [-0.4, -0.2) is 57.6 Å². The summed E-state index contributed by atoms with van der Waals surface area (Å²) in [6.45, 7) is 1.22. The Morgan fingerprint density at radius 1 is 1.11 bits per heavy atom. The minimum Gasteiger partial charge on any atom is -0.341 e. The van der Waals surface area contributed by atoms with Gasteiger partial charge in [0.15, 0.2) is 11.2 Å². The molecule has 11 nitrogen and oxygen atoms in total. The van der Waals surface area contributed by atoms with Crippen molar-refractivity contribution in [3.63, 3.8) is 0 Å². The van der Waals surface area contributed by atoms with E-state index in [4.69, 9.17) is 0 Å². The summed E-state index contributed by atoms with van der Waals surface area (Å²) in [5.74, 6) is -0.0860. The maximum Gasteiger partial charge on any atom is 0.332 e. The molecule has 4 rings (SSSR count). The summed E-state index contributed by atoms with van der Waals surface area (Å²) in [7, 11) is 2.97. The zero-order valence-electron chi connectivity index (χ0n) is 15.1. The molecule has 27 heavy (non-hydrogen) atoms. The van der Waals surface area contributed by atoms with Gasteiger partial charge in [-0.3, -0.25) is 18.7 Å². The SMILES string of the molecule is Cn1c(=O)c2c(ncn2CC(=O)N2CCC(n3nccn3)CC2)n(C)c1=O. The molecule has 0 radical (unpaired) electrons. The molecule has 3 aromatic heterocycles. The van der Waals surface area contributed by atoms with E-state index in [1.165, 1.54) is 22.5 Å². The highest BCUT2D eigenvalue weighted by Crippen LogP contribution is 2.21. The van der Waals surface area contributed by atoms with Crippen LogP contribution in [0.5, 0.6) is 0 Å². The van der Waals surface area contributed by atoms with Crippen molar-refractivity contribution in [3.8, 4) is 0 Å². The lowest BCUT2D eigenvalue weighted by Crippen LogP contribution is -2.41. The van der Waals surface area contributed by atoms with Crippen LogP contribution in [0.3, 0.4) is 0 Å². The molecule has 0 aliphatic carbocycles. The van der Waals surface area contributed by atoms with E-state index in [0.717, 1.165) is 17.4 Å². The van der Waals surface area contributed by atoms with Crippen LogP contribution < -0.4 is 11.2 Å². The molecule has 142 valence electrons. The Hall–Kier alpha value is -3.24. The fourth-order valence-corrected chi connectivity index (χ4v) is 3.52. The summed E-state index contributed by atoms with van der Waals surface area (Å²) in [5, 5.41) is 8.33. The number of rotatable bonds is 3. The number of aromatic nitrogens is 7. The van der Waals surface area contributed by atoms with E-state index in [0.29, 0.717) is 13.1 Å². The molecule has 11 heteroatoms. The molecule has 0 unspecified atom stereocenters. The van der Waals surface area contributed by atoms with Gasteiger partial charge in [-0.1, -0.05) is 0 Å². The standard InChI is InChI=1S/C16H20N8O3/c1-20-14-13(15(26)21(2)16(20)27)23(10-17-14)9-12(25)22-7-3-11(4-8-22)24-18-5-6-19-24/h5-6,10-11H,3-4,7-9H2,1-2H3. The van der Waals surface area contributed by atoms with Crippen LogP contribution in [0.25, 0.3) is 11.2 Å². The molecule has 1 saturated heterocycles. The monoisotopic (exact) mass is 372 g/mol. The first-order chi connectivity index (χ1) is 13.0. The van der Waals surface area contributed by atoms with Gasteiger partial charge in [0.25, 0.3) is 5.56 Å². The van der Waals surface area contributed by atoms with E-state index in [1.54, 1.807) is 29.1 Å². The first-order valence-electron chi connectivity index (χ1n) is 8.72. The quantitative estimate of drug-likeness (QED) is 0.576. The third-order valence-electron chi connectivity index (χ3n) is 5.10. The number of likely N-dealkylation sites (tertiary alicyclic amines) is 1. The van der Waals surface area contributed by atoms with Gasteiger partial charge in [-0.05, 0) is 12.8 Å². The van der Waals surface area contributed by atoms with E-state index in [2.05, 4.69) is 15.2 Å². The zero-order valence-corrected chi connectivity index (χ0v) is 15.1. The van der Waals surface area contributed by atoms with Gasteiger partial charge in [-0.2, -0.15) is 15.0 Å². The van der Waals surface area contributed by atoms with E-state index < -0.39 is 11.2 Å². The molecule has 1 amide bonds. The summed E-state index contributed by atoms with van der Waals surface area (Å²) in [4.78, 5) is 44.8. The van der Waals surface area contributed by atoms with Gasteiger partial charge in [0.2, 0.25) is 5.91 Å². The molecule has 0 atom stereocenters. The molecule has 1 aliphatic heterocycles. The van der Waals surface area contributed by atoms with Crippen LogP contribution >= 0.6 is 0 Å². The summed E-state index contributed by atoms with van der Waals surface area (Å²) >= 11 is 0. The highest BCUT2D eigenvalue weighted by Gasteiger charge is 2.25. The predicted octanol–water partition coefficient (Wildman–Crippen LogP) is -1.11. The largest absolute Gasteiger partial charge is 0.341 e. The summed E-state index contributed by atoms with van der Waals surface area (Å²) in [6, 6.07) is 0.194. The van der Waals surface area contributed by atoms with Crippen molar-refractivity contribution in [1.29, 1.82) is 0 Å². The molecule has 1 fully saturated rings. The summed E-state index contributed by atoms with van der Waals surface area (Å²) in [6.07, 6.45) is 6.29. The highest BCUT2D eigenvalue weighted by molar-refractivity contribution is 5.79. The number of fused-ring (bicyclic) bond motifs is 1. The second-order valence-electron chi connectivity index (χ2n) is 6.71. The third-order valence-corrected chi connectivity index (χ3v) is 5.10. The van der Waals surface area contributed by atoms with Gasteiger partial charge in [-0.15, -0.1) is 0 Å². The Morgan fingerprint density at radius 3 is 2.44 bits per heavy atom. The third kappa shape index (κ3) is 2.84. The Balaban J connectivity index is 1.53. The number of hydrogen-bond acceptors (Lipinski definition) is 6. The van der Waals surface area contributed by atoms with E-state index >= 15 is 0 Å². The van der Waals surface area contributed by atoms with Crippen molar-refractivity contribution in [2.24, 2.45) is 14.1 Å². The van der Waals surface area contributed by atoms with E-state index in [9.17, 15) is 14.4 Å². The minimum atomic E-state index is -0.457. The van der Waals surface area contributed by atoms with Crippen molar-refractivity contribution in [2.75, 3.05) is 13.1 Å². The molecule has 0 spiro atoms. The van der Waals surface area contributed by atoms with Crippen molar-refractivity contribution >= 4 is 17.1 Å². The number of nitrogens with zero attached hydrogens (tertiary/aromatic N) is 8. The lowest BCUT2D eigenvalue weighted by molar-refractivity contribution is -0.133. The molecule has 4 heterocycles. The van der Waals surface area contributed by atoms with Crippen LogP contribution in [0.4, 0.5) is 0 Å². The molecule has 1 aliphatic rings. The Labute approximate surface area is 153 Å². The maximum atomic E-state index is 12.7. The van der Waals surface area contributed by atoms with Crippen LogP contribution in [-0.2, 0) is 25.4 Å². The molecular weight excluding hydrogens is 352 g/mol. The normalized spacial score (nSPS) is 15.6. The Bertz CT molecular complexity index is 1100. The second-order valence-corrected chi connectivity index (χ2v) is 6.71. The van der Waals surface area contributed by atoms with Crippen LogP contribution in [0.15, 0.2) is 28.3 Å². The molecular formula is C16H20N8O3. The molecule has 0 saturated carbocycles. The van der Waals surface area contributed by atoms with E-state index in [-0.39, 0.29) is 29.7 Å². The first-order valence-corrected chi connectivity index (χ1v) is 8.72. The molecule has 3 aromatic rings. The van der Waals surface area contributed by atoms with Gasteiger partial charge in [0, 0.05) is 27.2 Å². The van der Waals surface area contributed by atoms with E-state index in [1.807, 2.05) is 0 Å². The van der Waals surface area contributed by atoms with Crippen molar-refractivity contribution in [1.82, 2.24) is 38.6 Å². The van der Waals surface area contributed by atoms with Crippen LogP contribution in [0.1, 0.15) is 18.9 Å².